The Hall–Kier alpha value is -2.43. The maximum absolute atomic E-state index is 13.1. The fourth-order valence-electron chi connectivity index (χ4n) is 2.90. The first-order valence-electron chi connectivity index (χ1n) is 7.43. The molecule has 0 bridgehead atoms. The van der Waals surface area contributed by atoms with Gasteiger partial charge in [0, 0.05) is 12.7 Å². The third-order valence-corrected chi connectivity index (χ3v) is 4.05. The molecule has 1 aromatic carbocycles. The van der Waals surface area contributed by atoms with Gasteiger partial charge in [-0.25, -0.2) is 9.37 Å². The molecule has 114 valence electrons. The minimum absolute atomic E-state index is 0.0144. The van der Waals surface area contributed by atoms with Crippen molar-refractivity contribution in [2.75, 3.05) is 12.3 Å². The molecule has 0 spiro atoms. The van der Waals surface area contributed by atoms with Crippen LogP contribution in [0.3, 0.4) is 0 Å². The number of carbonyl (C=O) groups is 1. The van der Waals surface area contributed by atoms with Crippen LogP contribution in [0.5, 0.6) is 0 Å². The van der Waals surface area contributed by atoms with E-state index < -0.39 is 0 Å². The molecule has 1 aliphatic heterocycles. The number of pyridine rings is 1. The summed E-state index contributed by atoms with van der Waals surface area (Å²) in [6.07, 6.45) is 4.44. The lowest BCUT2D eigenvalue weighted by atomic mass is 9.94. The second-order valence-electron chi connectivity index (χ2n) is 5.53. The van der Waals surface area contributed by atoms with Gasteiger partial charge in [-0.05, 0) is 49.1 Å². The van der Waals surface area contributed by atoms with Crippen molar-refractivity contribution in [2.24, 2.45) is 0 Å². The van der Waals surface area contributed by atoms with E-state index >= 15 is 0 Å². The Kier molecular flexibility index (Phi) is 4.04. The number of likely N-dealkylation sites (tertiary alicyclic amines) is 1. The first kappa shape index (κ1) is 14.5. The van der Waals surface area contributed by atoms with Crippen LogP contribution in [-0.4, -0.2) is 22.3 Å². The predicted molar refractivity (Wildman–Crippen MR) is 82.7 cm³/mol. The maximum Gasteiger partial charge on any atom is 0.255 e. The van der Waals surface area contributed by atoms with Crippen molar-refractivity contribution in [2.45, 2.75) is 25.3 Å². The highest BCUT2D eigenvalue weighted by Gasteiger charge is 2.28. The van der Waals surface area contributed by atoms with Gasteiger partial charge < -0.3 is 10.6 Å². The van der Waals surface area contributed by atoms with Crippen molar-refractivity contribution in [3.8, 4) is 0 Å². The summed E-state index contributed by atoms with van der Waals surface area (Å²) in [5, 5.41) is 0. The van der Waals surface area contributed by atoms with Crippen molar-refractivity contribution in [3.63, 3.8) is 0 Å². The van der Waals surface area contributed by atoms with E-state index in [0.29, 0.717) is 17.9 Å². The molecule has 22 heavy (non-hydrogen) atoms. The number of aromatic nitrogens is 1. The van der Waals surface area contributed by atoms with Gasteiger partial charge in [-0.2, -0.15) is 0 Å². The second-order valence-corrected chi connectivity index (χ2v) is 5.53. The zero-order valence-electron chi connectivity index (χ0n) is 12.2. The molecule has 1 saturated heterocycles. The number of nitrogens with two attached hydrogens (primary N) is 1. The van der Waals surface area contributed by atoms with Gasteiger partial charge in [0.25, 0.3) is 5.91 Å². The van der Waals surface area contributed by atoms with Crippen molar-refractivity contribution >= 4 is 11.7 Å². The average Bonchev–Trinajstić information content (AvgIpc) is 2.56. The molecule has 1 aromatic heterocycles. The Morgan fingerprint density at radius 2 is 1.95 bits per heavy atom. The van der Waals surface area contributed by atoms with Crippen molar-refractivity contribution in [1.82, 2.24) is 9.88 Å². The number of anilines is 1. The van der Waals surface area contributed by atoms with E-state index in [4.69, 9.17) is 5.73 Å². The van der Waals surface area contributed by atoms with E-state index in [-0.39, 0.29) is 17.8 Å². The largest absolute Gasteiger partial charge is 0.384 e. The van der Waals surface area contributed by atoms with Crippen LogP contribution in [-0.2, 0) is 0 Å². The van der Waals surface area contributed by atoms with E-state index in [9.17, 15) is 9.18 Å². The summed E-state index contributed by atoms with van der Waals surface area (Å²) in [5.74, 6) is 0.0759. The van der Waals surface area contributed by atoms with E-state index in [2.05, 4.69) is 4.98 Å². The number of hydrogen-bond donors (Lipinski definition) is 1. The van der Waals surface area contributed by atoms with E-state index in [0.717, 1.165) is 24.8 Å². The standard InChI is InChI=1S/C17H18FN3O/c18-14-7-4-12(5-8-14)15-3-1-2-10-21(15)17(22)13-6-9-16(19)20-11-13/h4-9,11,15H,1-3,10H2,(H2,19,20)/t15-/m0/s1. The minimum Gasteiger partial charge on any atom is -0.384 e. The minimum atomic E-state index is -0.264. The highest BCUT2D eigenvalue weighted by atomic mass is 19.1. The Morgan fingerprint density at radius 3 is 2.64 bits per heavy atom. The highest BCUT2D eigenvalue weighted by molar-refractivity contribution is 5.94. The normalized spacial score (nSPS) is 18.2. The second kappa shape index (κ2) is 6.13. The van der Waals surface area contributed by atoms with Crippen LogP contribution in [0.4, 0.5) is 10.2 Å². The zero-order valence-corrected chi connectivity index (χ0v) is 12.2. The van der Waals surface area contributed by atoms with E-state index in [1.54, 1.807) is 24.3 Å². The number of amides is 1. The number of carbonyl (C=O) groups excluding carboxylic acids is 1. The summed E-state index contributed by atoms with van der Waals surface area (Å²) >= 11 is 0. The van der Waals surface area contributed by atoms with Gasteiger partial charge in [-0.15, -0.1) is 0 Å². The average molecular weight is 299 g/mol. The van der Waals surface area contributed by atoms with Gasteiger partial charge in [0.05, 0.1) is 11.6 Å². The Morgan fingerprint density at radius 1 is 1.18 bits per heavy atom. The lowest BCUT2D eigenvalue weighted by Crippen LogP contribution is -2.38. The molecule has 2 N–H and O–H groups in total. The van der Waals surface area contributed by atoms with Crippen molar-refractivity contribution in [3.05, 3.63) is 59.5 Å². The number of halogens is 1. The summed E-state index contributed by atoms with van der Waals surface area (Å²) in [4.78, 5) is 18.6. The van der Waals surface area contributed by atoms with Crippen molar-refractivity contribution < 1.29 is 9.18 Å². The molecule has 3 rings (SSSR count). The van der Waals surface area contributed by atoms with Crippen LogP contribution in [0.2, 0.25) is 0 Å². The zero-order chi connectivity index (χ0) is 15.5. The van der Waals surface area contributed by atoms with Gasteiger partial charge in [-0.1, -0.05) is 12.1 Å². The number of rotatable bonds is 2. The molecule has 0 aliphatic carbocycles. The number of nitrogens with zero attached hydrogens (tertiary/aromatic N) is 2. The summed E-state index contributed by atoms with van der Waals surface area (Å²) in [7, 11) is 0. The van der Waals surface area contributed by atoms with Gasteiger partial charge in [0.15, 0.2) is 0 Å². The Labute approximate surface area is 128 Å². The topological polar surface area (TPSA) is 59.2 Å². The molecule has 1 aliphatic rings. The molecule has 0 saturated carbocycles. The van der Waals surface area contributed by atoms with Crippen LogP contribution in [0.1, 0.15) is 41.2 Å². The Bertz CT molecular complexity index is 655. The maximum atomic E-state index is 13.1. The van der Waals surface area contributed by atoms with Crippen LogP contribution >= 0.6 is 0 Å². The van der Waals surface area contributed by atoms with Gasteiger partial charge in [0.2, 0.25) is 0 Å². The lowest BCUT2D eigenvalue weighted by molar-refractivity contribution is 0.0611. The molecule has 2 aromatic rings. The number of nitrogen functional groups attached to an aromatic ring is 1. The summed E-state index contributed by atoms with van der Waals surface area (Å²) < 4.78 is 13.1. The summed E-state index contributed by atoms with van der Waals surface area (Å²) in [6, 6.07) is 9.71. The summed E-state index contributed by atoms with van der Waals surface area (Å²) in [5.41, 5.74) is 7.07. The molecular weight excluding hydrogens is 281 g/mol. The van der Waals surface area contributed by atoms with Crippen LogP contribution < -0.4 is 5.73 Å². The number of piperidine rings is 1. The van der Waals surface area contributed by atoms with Crippen molar-refractivity contribution in [1.29, 1.82) is 0 Å². The summed E-state index contributed by atoms with van der Waals surface area (Å²) in [6.45, 7) is 0.700. The third kappa shape index (κ3) is 2.93. The fraction of sp³-hybridized carbons (Fsp3) is 0.294. The molecule has 2 heterocycles. The quantitative estimate of drug-likeness (QED) is 0.926. The van der Waals surface area contributed by atoms with Gasteiger partial charge in [0.1, 0.15) is 11.6 Å². The predicted octanol–water partition coefficient (Wildman–Crippen LogP) is 3.17. The lowest BCUT2D eigenvalue weighted by Gasteiger charge is -2.36. The fourth-order valence-corrected chi connectivity index (χ4v) is 2.90. The molecule has 0 radical (unpaired) electrons. The number of benzene rings is 1. The van der Waals surface area contributed by atoms with Gasteiger partial charge in [-0.3, -0.25) is 4.79 Å². The molecule has 1 atom stereocenters. The Balaban J connectivity index is 1.87. The highest BCUT2D eigenvalue weighted by Crippen LogP contribution is 2.32. The smallest absolute Gasteiger partial charge is 0.255 e. The van der Waals surface area contributed by atoms with Crippen LogP contribution in [0.15, 0.2) is 42.6 Å². The van der Waals surface area contributed by atoms with Crippen LogP contribution in [0.25, 0.3) is 0 Å². The van der Waals surface area contributed by atoms with Gasteiger partial charge >= 0.3 is 0 Å². The monoisotopic (exact) mass is 299 g/mol. The third-order valence-electron chi connectivity index (χ3n) is 4.05. The molecule has 5 heteroatoms. The molecule has 1 amide bonds. The molecular formula is C17H18FN3O. The van der Waals surface area contributed by atoms with E-state index in [1.807, 2.05) is 4.90 Å². The molecule has 0 unspecified atom stereocenters. The SMILES string of the molecule is Nc1ccc(C(=O)N2CCCC[C@H]2c2ccc(F)cc2)cn1. The molecule has 4 nitrogen and oxygen atoms in total. The van der Waals surface area contributed by atoms with Crippen LogP contribution in [0, 0.1) is 5.82 Å². The first-order chi connectivity index (χ1) is 10.6. The number of hydrogen-bond acceptors (Lipinski definition) is 3. The molecule has 1 fully saturated rings. The first-order valence-corrected chi connectivity index (χ1v) is 7.43. The van der Waals surface area contributed by atoms with E-state index in [1.165, 1.54) is 18.3 Å².